The van der Waals surface area contributed by atoms with Crippen LogP contribution in [0.25, 0.3) is 11.3 Å². The van der Waals surface area contributed by atoms with Gasteiger partial charge < -0.3 is 5.11 Å². The number of carbonyl (C=O) groups is 1. The first-order valence-corrected chi connectivity index (χ1v) is 12.0. The minimum absolute atomic E-state index is 0.107. The Bertz CT molecular complexity index is 1160. The van der Waals surface area contributed by atoms with Crippen molar-refractivity contribution in [1.82, 2.24) is 10.1 Å². The summed E-state index contributed by atoms with van der Waals surface area (Å²) in [5, 5.41) is 18.5. The lowest BCUT2D eigenvalue weighted by Crippen LogP contribution is -2.59. The van der Waals surface area contributed by atoms with Crippen LogP contribution in [0, 0.1) is 13.8 Å². The van der Waals surface area contributed by atoms with E-state index in [1.807, 2.05) is 50.2 Å². The van der Waals surface area contributed by atoms with Gasteiger partial charge in [-0.05, 0) is 44.0 Å². The average Bonchev–Trinajstić information content (AvgIpc) is 2.77. The summed E-state index contributed by atoms with van der Waals surface area (Å²) in [6, 6.07) is 13.7. The van der Waals surface area contributed by atoms with Crippen LogP contribution in [-0.4, -0.2) is 21.7 Å². The Balaban J connectivity index is 1.94. The number of hydrogen-bond acceptors (Lipinski definition) is 5. The van der Waals surface area contributed by atoms with Gasteiger partial charge in [-0.3, -0.25) is 4.79 Å². The standard InChI is InChI=1S/C25H28N4O2S/c1-5-6-9-14-32-25-26-23(31)22-19-10-7-8-11-21(19)28(18(4)30)24(29(22)27-25)20-15-16(2)12-13-17(20)3/h7-8,10-13,15,24H,5-6,9,14H2,1-4H3. The van der Waals surface area contributed by atoms with Crippen LogP contribution < -0.4 is 14.7 Å². The first-order valence-electron chi connectivity index (χ1n) is 11.0. The molecule has 0 fully saturated rings. The molecule has 1 atom stereocenters. The lowest BCUT2D eigenvalue weighted by atomic mass is 9.97. The first-order chi connectivity index (χ1) is 15.4. The van der Waals surface area contributed by atoms with Crippen molar-refractivity contribution in [3.63, 3.8) is 0 Å². The number of benzene rings is 2. The molecule has 0 saturated carbocycles. The van der Waals surface area contributed by atoms with E-state index in [1.165, 1.54) is 11.8 Å². The van der Waals surface area contributed by atoms with E-state index in [1.54, 1.807) is 16.5 Å². The van der Waals surface area contributed by atoms with Crippen LogP contribution in [0.1, 0.15) is 56.0 Å². The first kappa shape index (κ1) is 22.3. The van der Waals surface area contributed by atoms with E-state index in [0.29, 0.717) is 22.1 Å². The van der Waals surface area contributed by atoms with Crippen LogP contribution in [0.5, 0.6) is 5.88 Å². The lowest BCUT2D eigenvalue weighted by Gasteiger charge is -2.33. The number of carbonyl (C=O) groups excluding carboxylic acids is 1. The Labute approximate surface area is 193 Å². The minimum Gasteiger partial charge on any atom is -0.854 e. The molecule has 0 radical (unpaired) electrons. The van der Waals surface area contributed by atoms with E-state index in [9.17, 15) is 9.90 Å². The zero-order valence-corrected chi connectivity index (χ0v) is 19.8. The predicted molar refractivity (Wildman–Crippen MR) is 125 cm³/mol. The SMILES string of the molecule is CCCCCSc1nc([O-])c2[n+](n1)C(c1cc(C)ccc1C)N(C(C)=O)c1ccccc1-2. The van der Waals surface area contributed by atoms with Crippen LogP contribution in [-0.2, 0) is 4.79 Å². The highest BCUT2D eigenvalue weighted by atomic mass is 32.2. The molecular weight excluding hydrogens is 420 g/mol. The van der Waals surface area contributed by atoms with Crippen LogP contribution in [0.15, 0.2) is 47.6 Å². The van der Waals surface area contributed by atoms with Gasteiger partial charge in [0.05, 0.1) is 17.1 Å². The van der Waals surface area contributed by atoms with Crippen molar-refractivity contribution >= 4 is 23.4 Å². The number of amides is 1. The summed E-state index contributed by atoms with van der Waals surface area (Å²) in [5.74, 6) is 0.432. The highest BCUT2D eigenvalue weighted by Crippen LogP contribution is 2.41. The van der Waals surface area contributed by atoms with E-state index in [2.05, 4.69) is 18.0 Å². The van der Waals surface area contributed by atoms with Crippen LogP contribution in [0.4, 0.5) is 5.69 Å². The van der Waals surface area contributed by atoms with Gasteiger partial charge in [-0.25, -0.2) is 9.88 Å². The molecule has 0 N–H and O–H groups in total. The summed E-state index contributed by atoms with van der Waals surface area (Å²) < 4.78 is 1.71. The van der Waals surface area contributed by atoms with Gasteiger partial charge in [0.25, 0.3) is 17.0 Å². The Morgan fingerprint density at radius 1 is 1.19 bits per heavy atom. The molecule has 4 rings (SSSR count). The second-order valence-corrected chi connectivity index (χ2v) is 9.25. The normalized spacial score (nSPS) is 14.8. The molecular formula is C25H28N4O2S. The maximum absolute atomic E-state index is 13.3. The molecule has 2 aromatic carbocycles. The van der Waals surface area contributed by atoms with Gasteiger partial charge in [0, 0.05) is 23.3 Å². The number of rotatable bonds is 6. The third-order valence-corrected chi connectivity index (χ3v) is 6.67. The molecule has 1 aliphatic rings. The monoisotopic (exact) mass is 448 g/mol. The summed E-state index contributed by atoms with van der Waals surface area (Å²) in [7, 11) is 0. The third-order valence-electron chi connectivity index (χ3n) is 5.75. The number of para-hydroxylation sites is 1. The van der Waals surface area contributed by atoms with Crippen LogP contribution >= 0.6 is 11.8 Å². The molecule has 1 aliphatic heterocycles. The molecule has 2 heterocycles. The fraction of sp³-hybridized carbons (Fsp3) is 0.360. The fourth-order valence-corrected chi connectivity index (χ4v) is 4.99. The molecule has 3 aromatic rings. The summed E-state index contributed by atoms with van der Waals surface area (Å²) in [5.41, 5.74) is 4.86. The zero-order chi connectivity index (χ0) is 22.8. The van der Waals surface area contributed by atoms with E-state index >= 15 is 0 Å². The van der Waals surface area contributed by atoms with Gasteiger partial charge in [-0.15, -0.1) is 0 Å². The van der Waals surface area contributed by atoms with Crippen molar-refractivity contribution in [2.45, 2.75) is 58.3 Å². The molecule has 0 spiro atoms. The zero-order valence-electron chi connectivity index (χ0n) is 19.0. The third kappa shape index (κ3) is 4.09. The number of fused-ring (bicyclic) bond motifs is 3. The van der Waals surface area contributed by atoms with Crippen LogP contribution in [0.3, 0.4) is 0 Å². The second-order valence-electron chi connectivity index (χ2n) is 8.19. The Morgan fingerprint density at radius 3 is 2.72 bits per heavy atom. The minimum atomic E-state index is -0.553. The molecule has 166 valence electrons. The molecule has 1 aromatic heterocycles. The Kier molecular flexibility index (Phi) is 6.46. The van der Waals surface area contributed by atoms with Gasteiger partial charge in [0.15, 0.2) is 0 Å². The number of nitrogens with zero attached hydrogens (tertiary/aromatic N) is 4. The summed E-state index contributed by atoms with van der Waals surface area (Å²) in [6.45, 7) is 7.76. The van der Waals surface area contributed by atoms with Gasteiger partial charge in [-0.1, -0.05) is 66.0 Å². The van der Waals surface area contributed by atoms with Crippen molar-refractivity contribution < 1.29 is 14.6 Å². The molecule has 1 unspecified atom stereocenters. The van der Waals surface area contributed by atoms with Crippen molar-refractivity contribution in [3.8, 4) is 17.1 Å². The summed E-state index contributed by atoms with van der Waals surface area (Å²) in [4.78, 5) is 19.0. The number of aryl methyl sites for hydroxylation is 2. The van der Waals surface area contributed by atoms with E-state index in [4.69, 9.17) is 5.10 Å². The number of hydrogen-bond donors (Lipinski definition) is 0. The highest BCUT2D eigenvalue weighted by molar-refractivity contribution is 7.99. The number of aromatic nitrogens is 3. The maximum atomic E-state index is 13.3. The van der Waals surface area contributed by atoms with Crippen molar-refractivity contribution in [2.75, 3.05) is 10.7 Å². The van der Waals surface area contributed by atoms with E-state index in [0.717, 1.165) is 41.7 Å². The molecule has 0 aliphatic carbocycles. The number of anilines is 1. The molecule has 0 bridgehead atoms. The largest absolute Gasteiger partial charge is 0.854 e. The Hall–Kier alpha value is -2.93. The number of unbranched alkanes of at least 4 members (excludes halogenated alkanes) is 2. The molecule has 1 amide bonds. The van der Waals surface area contributed by atoms with Crippen LogP contribution in [0.2, 0.25) is 0 Å². The quantitative estimate of drug-likeness (QED) is 0.319. The average molecular weight is 449 g/mol. The smallest absolute Gasteiger partial charge is 0.293 e. The Morgan fingerprint density at radius 2 is 1.97 bits per heavy atom. The second kappa shape index (κ2) is 9.28. The van der Waals surface area contributed by atoms with Crippen molar-refractivity contribution in [3.05, 3.63) is 59.2 Å². The van der Waals surface area contributed by atoms with Crippen molar-refractivity contribution in [2.24, 2.45) is 0 Å². The maximum Gasteiger partial charge on any atom is 0.293 e. The van der Waals surface area contributed by atoms with E-state index in [-0.39, 0.29) is 11.8 Å². The topological polar surface area (TPSA) is 73.0 Å². The summed E-state index contributed by atoms with van der Waals surface area (Å²) >= 11 is 1.50. The summed E-state index contributed by atoms with van der Waals surface area (Å²) in [6.07, 6.45) is 2.75. The number of thioether (sulfide) groups is 1. The van der Waals surface area contributed by atoms with Gasteiger partial charge in [0.2, 0.25) is 5.91 Å². The molecule has 0 saturated heterocycles. The molecule has 6 nitrogen and oxygen atoms in total. The van der Waals surface area contributed by atoms with Gasteiger partial charge in [-0.2, -0.15) is 0 Å². The molecule has 7 heteroatoms. The van der Waals surface area contributed by atoms with Crippen molar-refractivity contribution in [1.29, 1.82) is 0 Å². The fourth-order valence-electron chi connectivity index (χ4n) is 4.17. The lowest BCUT2D eigenvalue weighted by molar-refractivity contribution is -0.764. The van der Waals surface area contributed by atoms with Gasteiger partial charge >= 0.3 is 0 Å². The van der Waals surface area contributed by atoms with E-state index < -0.39 is 6.17 Å². The highest BCUT2D eigenvalue weighted by Gasteiger charge is 2.44. The van der Waals surface area contributed by atoms with Gasteiger partial charge in [0.1, 0.15) is 0 Å². The predicted octanol–water partition coefficient (Wildman–Crippen LogP) is 4.32. The molecule has 32 heavy (non-hydrogen) atoms.